The summed E-state index contributed by atoms with van der Waals surface area (Å²) in [4.78, 5) is 13.0. The zero-order chi connectivity index (χ0) is 18.7. The smallest absolute Gasteiger partial charge is 0.288 e. The van der Waals surface area contributed by atoms with Crippen molar-refractivity contribution in [3.63, 3.8) is 0 Å². The van der Waals surface area contributed by atoms with Crippen LogP contribution in [0.5, 0.6) is 0 Å². The number of hydrogen-bond acceptors (Lipinski definition) is 3. The number of aromatic nitrogens is 2. The van der Waals surface area contributed by atoms with Gasteiger partial charge < -0.3 is 5.32 Å². The molecular formula is C19H17F2N3OS. The fourth-order valence-corrected chi connectivity index (χ4v) is 3.23. The Morgan fingerprint density at radius 1 is 1.12 bits per heavy atom. The molecule has 1 heterocycles. The van der Waals surface area contributed by atoms with Gasteiger partial charge in [-0.2, -0.15) is 13.9 Å². The monoisotopic (exact) mass is 373 g/mol. The lowest BCUT2D eigenvalue weighted by molar-refractivity contribution is 0.102. The second kappa shape index (κ2) is 7.70. The average Bonchev–Trinajstić information content (AvgIpc) is 2.98. The van der Waals surface area contributed by atoms with E-state index in [-0.39, 0.29) is 5.91 Å². The number of alkyl halides is 2. The predicted octanol–water partition coefficient (Wildman–Crippen LogP) is 5.06. The number of carbonyl (C=O) groups is 1. The molecule has 1 aromatic heterocycles. The van der Waals surface area contributed by atoms with Crippen molar-refractivity contribution in [1.82, 2.24) is 9.78 Å². The highest BCUT2D eigenvalue weighted by Gasteiger charge is 2.18. The fraction of sp³-hybridized carbons (Fsp3) is 0.158. The van der Waals surface area contributed by atoms with Crippen LogP contribution >= 0.6 is 11.8 Å². The average molecular weight is 373 g/mol. The summed E-state index contributed by atoms with van der Waals surface area (Å²) in [5.74, 6) is -2.94. The number of nitrogens with zero attached hydrogens (tertiary/aromatic N) is 2. The van der Waals surface area contributed by atoms with Gasteiger partial charge >= 0.3 is 0 Å². The minimum atomic E-state index is -2.56. The normalized spacial score (nSPS) is 11.0. The Kier molecular flexibility index (Phi) is 5.37. The van der Waals surface area contributed by atoms with Gasteiger partial charge in [-0.25, -0.2) is 4.68 Å². The van der Waals surface area contributed by atoms with Crippen molar-refractivity contribution >= 4 is 23.4 Å². The van der Waals surface area contributed by atoms with Crippen molar-refractivity contribution in [2.24, 2.45) is 0 Å². The number of nitrogens with one attached hydrogen (secondary N) is 1. The van der Waals surface area contributed by atoms with Gasteiger partial charge in [-0.1, -0.05) is 42.1 Å². The first-order valence-electron chi connectivity index (χ1n) is 7.93. The third kappa shape index (κ3) is 3.77. The molecule has 0 aliphatic rings. The van der Waals surface area contributed by atoms with E-state index in [2.05, 4.69) is 10.4 Å². The summed E-state index contributed by atoms with van der Waals surface area (Å²) in [5, 5.41) is 7.02. The van der Waals surface area contributed by atoms with Gasteiger partial charge in [0, 0.05) is 4.90 Å². The third-order valence-electron chi connectivity index (χ3n) is 3.95. The van der Waals surface area contributed by atoms with Gasteiger partial charge in [-0.15, -0.1) is 0 Å². The standard InChI is InChI=1S/C19H17F2N3OS/c1-12-7-3-5-9-16(12)24-13(2)14(11-22-24)18(25)23-15-8-4-6-10-17(15)26-19(20)21/h3-11,19H,1-2H3,(H,23,25). The van der Waals surface area contributed by atoms with E-state index >= 15 is 0 Å². The van der Waals surface area contributed by atoms with Crippen LogP contribution in [0.3, 0.4) is 0 Å². The summed E-state index contributed by atoms with van der Waals surface area (Å²) >= 11 is 0.402. The van der Waals surface area contributed by atoms with Crippen LogP contribution in [0.2, 0.25) is 0 Å². The number of amides is 1. The van der Waals surface area contributed by atoms with Gasteiger partial charge in [0.15, 0.2) is 0 Å². The van der Waals surface area contributed by atoms with E-state index in [1.54, 1.807) is 35.9 Å². The molecule has 3 aromatic rings. The molecular weight excluding hydrogens is 356 g/mol. The lowest BCUT2D eigenvalue weighted by atomic mass is 10.2. The first-order valence-corrected chi connectivity index (χ1v) is 8.81. The SMILES string of the molecule is Cc1ccccc1-n1ncc(C(=O)Nc2ccccc2SC(F)F)c1C. The molecule has 26 heavy (non-hydrogen) atoms. The van der Waals surface area contributed by atoms with Gasteiger partial charge in [-0.05, 0) is 37.6 Å². The number of hydrogen-bond donors (Lipinski definition) is 1. The maximum absolute atomic E-state index is 12.7. The molecule has 0 fully saturated rings. The maximum atomic E-state index is 12.7. The van der Waals surface area contributed by atoms with Crippen LogP contribution in [0.1, 0.15) is 21.6 Å². The highest BCUT2D eigenvalue weighted by atomic mass is 32.2. The number of thioether (sulfide) groups is 1. The molecule has 2 aromatic carbocycles. The Labute approximate surface area is 154 Å². The van der Waals surface area contributed by atoms with E-state index < -0.39 is 5.76 Å². The van der Waals surface area contributed by atoms with Crippen molar-refractivity contribution in [3.05, 3.63) is 71.5 Å². The number of aryl methyl sites for hydroxylation is 1. The van der Waals surface area contributed by atoms with Crippen LogP contribution in [-0.4, -0.2) is 21.4 Å². The molecule has 0 atom stereocenters. The molecule has 0 unspecified atom stereocenters. The number of anilines is 1. The van der Waals surface area contributed by atoms with Crippen molar-refractivity contribution in [1.29, 1.82) is 0 Å². The van der Waals surface area contributed by atoms with Crippen LogP contribution in [0.25, 0.3) is 5.69 Å². The van der Waals surface area contributed by atoms with E-state index in [9.17, 15) is 13.6 Å². The number of rotatable bonds is 5. The highest BCUT2D eigenvalue weighted by molar-refractivity contribution is 7.99. The summed E-state index contributed by atoms with van der Waals surface area (Å²) in [6.45, 7) is 3.77. The lowest BCUT2D eigenvalue weighted by Crippen LogP contribution is -2.14. The van der Waals surface area contributed by atoms with Gasteiger partial charge in [0.05, 0.1) is 28.8 Å². The summed E-state index contributed by atoms with van der Waals surface area (Å²) in [6, 6.07) is 14.2. The summed E-state index contributed by atoms with van der Waals surface area (Å²) in [7, 11) is 0. The Morgan fingerprint density at radius 3 is 2.54 bits per heavy atom. The summed E-state index contributed by atoms with van der Waals surface area (Å²) < 4.78 is 27.1. The van der Waals surface area contributed by atoms with Crippen LogP contribution < -0.4 is 5.32 Å². The Bertz CT molecular complexity index is 940. The van der Waals surface area contributed by atoms with Gasteiger partial charge in [0.2, 0.25) is 0 Å². The largest absolute Gasteiger partial charge is 0.321 e. The molecule has 0 aliphatic carbocycles. The number of benzene rings is 2. The van der Waals surface area contributed by atoms with Gasteiger partial charge in [0.1, 0.15) is 0 Å². The van der Waals surface area contributed by atoms with Crippen molar-refractivity contribution in [2.75, 3.05) is 5.32 Å². The van der Waals surface area contributed by atoms with Gasteiger partial charge in [0.25, 0.3) is 11.7 Å². The lowest BCUT2D eigenvalue weighted by Gasteiger charge is -2.11. The van der Waals surface area contributed by atoms with E-state index in [4.69, 9.17) is 0 Å². The molecule has 1 N–H and O–H groups in total. The van der Waals surface area contributed by atoms with Gasteiger partial charge in [-0.3, -0.25) is 4.79 Å². The van der Waals surface area contributed by atoms with Crippen LogP contribution in [0, 0.1) is 13.8 Å². The molecule has 0 aliphatic heterocycles. The summed E-state index contributed by atoms with van der Waals surface area (Å²) in [6.07, 6.45) is 1.49. The number of halogens is 2. The van der Waals surface area contributed by atoms with Crippen LogP contribution in [0.4, 0.5) is 14.5 Å². The predicted molar refractivity (Wildman–Crippen MR) is 99.3 cm³/mol. The Morgan fingerprint density at radius 2 is 1.81 bits per heavy atom. The Balaban J connectivity index is 1.88. The van der Waals surface area contributed by atoms with Crippen LogP contribution in [0.15, 0.2) is 59.6 Å². The molecule has 0 bridgehead atoms. The van der Waals surface area contributed by atoms with Crippen molar-refractivity contribution in [3.8, 4) is 5.69 Å². The summed E-state index contributed by atoms with van der Waals surface area (Å²) in [5.41, 5.74) is 3.34. The molecule has 0 spiro atoms. The molecule has 0 radical (unpaired) electrons. The van der Waals surface area contributed by atoms with E-state index in [0.29, 0.717) is 33.6 Å². The maximum Gasteiger partial charge on any atom is 0.288 e. The third-order valence-corrected chi connectivity index (χ3v) is 4.74. The molecule has 7 heteroatoms. The molecule has 4 nitrogen and oxygen atoms in total. The van der Waals surface area contributed by atoms with E-state index in [1.165, 1.54) is 6.20 Å². The topological polar surface area (TPSA) is 46.9 Å². The Hall–Kier alpha value is -2.67. The molecule has 3 rings (SSSR count). The van der Waals surface area contributed by atoms with E-state index in [1.807, 2.05) is 31.2 Å². The van der Waals surface area contributed by atoms with Crippen LogP contribution in [-0.2, 0) is 0 Å². The second-order valence-corrected chi connectivity index (χ2v) is 6.70. The minimum absolute atomic E-state index is 0.319. The zero-order valence-corrected chi connectivity index (χ0v) is 15.1. The van der Waals surface area contributed by atoms with Crippen molar-refractivity contribution in [2.45, 2.75) is 24.5 Å². The quantitative estimate of drug-likeness (QED) is 0.636. The highest BCUT2D eigenvalue weighted by Crippen LogP contribution is 2.32. The van der Waals surface area contributed by atoms with E-state index in [0.717, 1.165) is 11.3 Å². The fourth-order valence-electron chi connectivity index (χ4n) is 2.63. The zero-order valence-electron chi connectivity index (χ0n) is 14.2. The number of para-hydroxylation sites is 2. The number of carbonyl (C=O) groups excluding carboxylic acids is 1. The molecule has 0 saturated carbocycles. The molecule has 134 valence electrons. The molecule has 0 saturated heterocycles. The first kappa shape index (κ1) is 18.1. The second-order valence-electron chi connectivity index (χ2n) is 5.67. The van der Waals surface area contributed by atoms with Crippen molar-refractivity contribution < 1.29 is 13.6 Å². The minimum Gasteiger partial charge on any atom is -0.321 e. The first-order chi connectivity index (χ1) is 12.5. The molecule has 1 amide bonds.